The highest BCUT2D eigenvalue weighted by Gasteiger charge is 2.24. The number of rotatable bonds is 6. The van der Waals surface area contributed by atoms with Gasteiger partial charge in [0.1, 0.15) is 11.6 Å². The van der Waals surface area contributed by atoms with Crippen molar-refractivity contribution >= 4 is 12.0 Å². The van der Waals surface area contributed by atoms with Crippen LogP contribution in [0.3, 0.4) is 0 Å². The maximum atomic E-state index is 12.1. The Morgan fingerprint density at radius 1 is 1.18 bits per heavy atom. The van der Waals surface area contributed by atoms with Gasteiger partial charge in [-0.05, 0) is 26.3 Å². The molecule has 6 nitrogen and oxygen atoms in total. The van der Waals surface area contributed by atoms with Crippen LogP contribution in [-0.2, 0) is 20.8 Å². The van der Waals surface area contributed by atoms with E-state index >= 15 is 0 Å². The molecule has 0 fully saturated rings. The van der Waals surface area contributed by atoms with Gasteiger partial charge in [-0.25, -0.2) is 4.79 Å². The molecule has 0 heterocycles. The summed E-state index contributed by atoms with van der Waals surface area (Å²) in [6.07, 6.45) is -0.649. The Labute approximate surface area is 131 Å². The molecule has 22 heavy (non-hydrogen) atoms. The second-order valence-electron chi connectivity index (χ2n) is 5.86. The molecule has 0 saturated heterocycles. The summed E-state index contributed by atoms with van der Waals surface area (Å²) in [6, 6.07) is 8.71. The first-order chi connectivity index (χ1) is 10.3. The summed E-state index contributed by atoms with van der Waals surface area (Å²) in [5.41, 5.74) is 0.353. The number of carbonyl (C=O) groups is 2. The van der Waals surface area contributed by atoms with E-state index < -0.39 is 17.7 Å². The van der Waals surface area contributed by atoms with E-state index in [2.05, 4.69) is 10.6 Å². The van der Waals surface area contributed by atoms with E-state index in [1.165, 1.54) is 7.11 Å². The monoisotopic (exact) mass is 308 g/mol. The smallest absolute Gasteiger partial charge is 0.408 e. The molecule has 1 rings (SSSR count). The molecule has 122 valence electrons. The largest absolute Gasteiger partial charge is 0.444 e. The maximum Gasteiger partial charge on any atom is 0.408 e. The van der Waals surface area contributed by atoms with Crippen molar-refractivity contribution < 1.29 is 19.1 Å². The number of benzene rings is 1. The Bertz CT molecular complexity index is 483. The zero-order valence-electron chi connectivity index (χ0n) is 13.5. The lowest BCUT2D eigenvalue weighted by Crippen LogP contribution is -2.50. The summed E-state index contributed by atoms with van der Waals surface area (Å²) in [5, 5.41) is 5.28. The molecule has 0 unspecified atom stereocenters. The molecule has 0 aliphatic rings. The maximum absolute atomic E-state index is 12.1. The van der Waals surface area contributed by atoms with Crippen molar-refractivity contribution in [2.45, 2.75) is 39.0 Å². The van der Waals surface area contributed by atoms with Crippen molar-refractivity contribution in [3.8, 4) is 0 Å². The molecule has 0 bridgehead atoms. The van der Waals surface area contributed by atoms with Crippen LogP contribution in [0.5, 0.6) is 0 Å². The van der Waals surface area contributed by atoms with Crippen molar-refractivity contribution in [1.29, 1.82) is 0 Å². The molecule has 0 aromatic heterocycles. The van der Waals surface area contributed by atoms with Crippen molar-refractivity contribution in [3.63, 3.8) is 0 Å². The van der Waals surface area contributed by atoms with Crippen LogP contribution in [0, 0.1) is 0 Å². The molecule has 0 spiro atoms. The van der Waals surface area contributed by atoms with Crippen LogP contribution in [0.2, 0.25) is 0 Å². The second kappa shape index (κ2) is 8.38. The van der Waals surface area contributed by atoms with E-state index in [1.807, 2.05) is 30.3 Å². The fourth-order valence-corrected chi connectivity index (χ4v) is 1.71. The van der Waals surface area contributed by atoms with E-state index in [0.717, 1.165) is 5.56 Å². The van der Waals surface area contributed by atoms with Gasteiger partial charge in [0.05, 0.1) is 6.61 Å². The molecule has 1 atom stereocenters. The normalized spacial score (nSPS) is 12.4. The first kappa shape index (κ1) is 18.0. The summed E-state index contributed by atoms with van der Waals surface area (Å²) in [7, 11) is 1.47. The van der Waals surface area contributed by atoms with Crippen LogP contribution in [0.4, 0.5) is 4.79 Å². The molecule has 6 heteroatoms. The number of hydrogen-bond donors (Lipinski definition) is 2. The van der Waals surface area contributed by atoms with Crippen LogP contribution in [0.1, 0.15) is 26.3 Å². The summed E-state index contributed by atoms with van der Waals surface area (Å²) >= 11 is 0. The fraction of sp³-hybridized carbons (Fsp3) is 0.500. The van der Waals surface area contributed by atoms with Gasteiger partial charge in [-0.1, -0.05) is 30.3 Å². The molecule has 2 N–H and O–H groups in total. The first-order valence-electron chi connectivity index (χ1n) is 7.12. The van der Waals surface area contributed by atoms with Gasteiger partial charge in [0, 0.05) is 13.7 Å². The highest BCUT2D eigenvalue weighted by atomic mass is 16.6. The number of nitrogens with one attached hydrogen (secondary N) is 2. The van der Waals surface area contributed by atoms with E-state index in [-0.39, 0.29) is 12.5 Å². The van der Waals surface area contributed by atoms with E-state index in [4.69, 9.17) is 9.47 Å². The van der Waals surface area contributed by atoms with Gasteiger partial charge in [0.2, 0.25) is 5.91 Å². The molecule has 0 saturated carbocycles. The lowest BCUT2D eigenvalue weighted by atomic mass is 10.2. The van der Waals surface area contributed by atoms with Gasteiger partial charge < -0.3 is 20.1 Å². The zero-order valence-corrected chi connectivity index (χ0v) is 13.5. The lowest BCUT2D eigenvalue weighted by Gasteiger charge is -2.23. The van der Waals surface area contributed by atoms with Gasteiger partial charge in [0.15, 0.2) is 0 Å². The summed E-state index contributed by atoms with van der Waals surface area (Å²) in [5.74, 6) is -0.323. The molecule has 0 aliphatic carbocycles. The van der Waals surface area contributed by atoms with E-state index in [1.54, 1.807) is 20.8 Å². The van der Waals surface area contributed by atoms with Gasteiger partial charge in [0.25, 0.3) is 0 Å². The standard InChI is InChI=1S/C16H24N2O4/c1-16(2,3)22-15(20)18-13(11-21-4)14(19)17-10-12-8-6-5-7-9-12/h5-9,13H,10-11H2,1-4H3,(H,17,19)(H,18,20)/t13-/m0/s1. The predicted molar refractivity (Wildman–Crippen MR) is 83.3 cm³/mol. The van der Waals surface area contributed by atoms with Crippen molar-refractivity contribution in [1.82, 2.24) is 10.6 Å². The van der Waals surface area contributed by atoms with Crippen molar-refractivity contribution in [2.24, 2.45) is 0 Å². The number of amides is 2. The lowest BCUT2D eigenvalue weighted by molar-refractivity contribution is -0.124. The van der Waals surface area contributed by atoms with Crippen LogP contribution < -0.4 is 10.6 Å². The van der Waals surface area contributed by atoms with Gasteiger partial charge in [-0.2, -0.15) is 0 Å². The number of methoxy groups -OCH3 is 1. The minimum absolute atomic E-state index is 0.0693. The average molecular weight is 308 g/mol. The molecule has 1 aromatic carbocycles. The third kappa shape index (κ3) is 7.08. The third-order valence-electron chi connectivity index (χ3n) is 2.65. The molecule has 0 aliphatic heterocycles. The fourth-order valence-electron chi connectivity index (χ4n) is 1.71. The molecule has 0 radical (unpaired) electrons. The predicted octanol–water partition coefficient (Wildman–Crippen LogP) is 1.84. The average Bonchev–Trinajstić information content (AvgIpc) is 2.43. The Morgan fingerprint density at radius 3 is 2.36 bits per heavy atom. The highest BCUT2D eigenvalue weighted by molar-refractivity contribution is 5.85. The Balaban J connectivity index is 2.54. The number of ether oxygens (including phenoxy) is 2. The van der Waals surface area contributed by atoms with E-state index in [9.17, 15) is 9.59 Å². The third-order valence-corrected chi connectivity index (χ3v) is 2.65. The Morgan fingerprint density at radius 2 is 1.82 bits per heavy atom. The first-order valence-corrected chi connectivity index (χ1v) is 7.12. The zero-order chi connectivity index (χ0) is 16.6. The number of hydrogen-bond acceptors (Lipinski definition) is 4. The van der Waals surface area contributed by atoms with Crippen LogP contribution in [-0.4, -0.2) is 37.4 Å². The minimum Gasteiger partial charge on any atom is -0.444 e. The quantitative estimate of drug-likeness (QED) is 0.841. The highest BCUT2D eigenvalue weighted by Crippen LogP contribution is 2.07. The van der Waals surface area contributed by atoms with Gasteiger partial charge in [-0.3, -0.25) is 4.79 Å². The second-order valence-corrected chi connectivity index (χ2v) is 5.86. The molecular weight excluding hydrogens is 284 g/mol. The molecular formula is C16H24N2O4. The van der Waals surface area contributed by atoms with Crippen LogP contribution in [0.15, 0.2) is 30.3 Å². The summed E-state index contributed by atoms with van der Waals surface area (Å²) in [4.78, 5) is 23.9. The van der Waals surface area contributed by atoms with Crippen LogP contribution >= 0.6 is 0 Å². The summed E-state index contributed by atoms with van der Waals surface area (Å²) < 4.78 is 10.1. The number of alkyl carbamates (subject to hydrolysis) is 1. The Kier molecular flexibility index (Phi) is 6.85. The van der Waals surface area contributed by atoms with Crippen LogP contribution in [0.25, 0.3) is 0 Å². The topological polar surface area (TPSA) is 76.7 Å². The number of carbonyl (C=O) groups excluding carboxylic acids is 2. The van der Waals surface area contributed by atoms with Crippen molar-refractivity contribution in [3.05, 3.63) is 35.9 Å². The van der Waals surface area contributed by atoms with Gasteiger partial charge in [-0.15, -0.1) is 0 Å². The minimum atomic E-state index is -0.802. The van der Waals surface area contributed by atoms with E-state index in [0.29, 0.717) is 6.54 Å². The molecule has 1 aromatic rings. The molecule has 2 amide bonds. The van der Waals surface area contributed by atoms with Gasteiger partial charge >= 0.3 is 6.09 Å². The Hall–Kier alpha value is -2.08. The SMILES string of the molecule is COC[C@H](NC(=O)OC(C)(C)C)C(=O)NCc1ccccc1. The summed E-state index contributed by atoms with van der Waals surface area (Å²) in [6.45, 7) is 5.73. The van der Waals surface area contributed by atoms with Crippen molar-refractivity contribution in [2.75, 3.05) is 13.7 Å².